The highest BCUT2D eigenvalue weighted by Gasteiger charge is 2.16. The fraction of sp³-hybridized carbons (Fsp3) is 0.600. The molecule has 100 valence electrons. The Morgan fingerprint density at radius 2 is 2.11 bits per heavy atom. The topological polar surface area (TPSA) is 38.5 Å². The number of nitrogens with zero attached hydrogens (tertiary/aromatic N) is 1. The quantitative estimate of drug-likeness (QED) is 0.890. The first-order valence-electron chi connectivity index (χ1n) is 6.96. The molecule has 2 unspecified atom stereocenters. The van der Waals surface area contributed by atoms with E-state index in [1.54, 1.807) is 0 Å². The zero-order valence-corrected chi connectivity index (χ0v) is 11.4. The van der Waals surface area contributed by atoms with Crippen molar-refractivity contribution in [3.8, 4) is 5.75 Å². The molecule has 0 amide bonds. The van der Waals surface area contributed by atoms with Crippen LogP contribution in [0.25, 0.3) is 0 Å². The molecule has 1 aromatic rings. The second-order valence-electron chi connectivity index (χ2n) is 5.18. The van der Waals surface area contributed by atoms with E-state index in [1.165, 1.54) is 12.1 Å². The summed E-state index contributed by atoms with van der Waals surface area (Å²) in [4.78, 5) is 2.36. The minimum atomic E-state index is 0.277. The van der Waals surface area contributed by atoms with Crippen molar-refractivity contribution in [2.24, 2.45) is 5.73 Å². The highest BCUT2D eigenvalue weighted by molar-refractivity contribution is 5.49. The molecule has 18 heavy (non-hydrogen) atoms. The first-order chi connectivity index (χ1) is 8.69. The third kappa shape index (κ3) is 3.39. The lowest BCUT2D eigenvalue weighted by Gasteiger charge is -2.32. The number of benzene rings is 1. The molecule has 1 aliphatic rings. The summed E-state index contributed by atoms with van der Waals surface area (Å²) in [5.41, 5.74) is 7.26. The van der Waals surface area contributed by atoms with Crippen molar-refractivity contribution in [2.45, 2.75) is 45.3 Å². The highest BCUT2D eigenvalue weighted by atomic mass is 16.5. The molecule has 3 nitrogen and oxygen atoms in total. The second-order valence-corrected chi connectivity index (χ2v) is 5.18. The van der Waals surface area contributed by atoms with E-state index in [0.29, 0.717) is 6.04 Å². The van der Waals surface area contributed by atoms with Gasteiger partial charge in [0.05, 0.1) is 6.10 Å². The molecule has 0 saturated carbocycles. The van der Waals surface area contributed by atoms with Crippen molar-refractivity contribution in [1.29, 1.82) is 0 Å². The Balaban J connectivity index is 1.98. The maximum absolute atomic E-state index is 6.01. The number of piperidine rings is 1. The van der Waals surface area contributed by atoms with Gasteiger partial charge >= 0.3 is 0 Å². The summed E-state index contributed by atoms with van der Waals surface area (Å²) >= 11 is 0. The van der Waals surface area contributed by atoms with E-state index in [0.717, 1.165) is 31.7 Å². The molecule has 2 N–H and O–H groups in total. The van der Waals surface area contributed by atoms with Gasteiger partial charge in [-0.15, -0.1) is 0 Å². The van der Waals surface area contributed by atoms with Crippen LogP contribution in [0.3, 0.4) is 0 Å². The molecule has 1 aromatic carbocycles. The fourth-order valence-electron chi connectivity index (χ4n) is 2.30. The van der Waals surface area contributed by atoms with Crippen LogP contribution in [-0.4, -0.2) is 25.2 Å². The summed E-state index contributed by atoms with van der Waals surface area (Å²) in [6, 6.07) is 8.70. The van der Waals surface area contributed by atoms with Crippen LogP contribution in [0.15, 0.2) is 24.3 Å². The molecule has 1 heterocycles. The van der Waals surface area contributed by atoms with Crippen molar-refractivity contribution in [3.05, 3.63) is 24.3 Å². The normalized spacial score (nSPS) is 21.7. The van der Waals surface area contributed by atoms with Crippen molar-refractivity contribution < 1.29 is 4.74 Å². The first kappa shape index (κ1) is 13.2. The van der Waals surface area contributed by atoms with Gasteiger partial charge in [-0.3, -0.25) is 0 Å². The van der Waals surface area contributed by atoms with Gasteiger partial charge in [0.25, 0.3) is 0 Å². The van der Waals surface area contributed by atoms with E-state index < -0.39 is 0 Å². The Morgan fingerprint density at radius 3 is 2.72 bits per heavy atom. The van der Waals surface area contributed by atoms with Gasteiger partial charge in [-0.1, -0.05) is 6.92 Å². The van der Waals surface area contributed by atoms with Gasteiger partial charge in [-0.25, -0.2) is 0 Å². The van der Waals surface area contributed by atoms with Crippen molar-refractivity contribution in [3.63, 3.8) is 0 Å². The van der Waals surface area contributed by atoms with Gasteiger partial charge < -0.3 is 15.4 Å². The summed E-state index contributed by atoms with van der Waals surface area (Å²) in [6.07, 6.45) is 3.64. The fourth-order valence-corrected chi connectivity index (χ4v) is 2.30. The minimum Gasteiger partial charge on any atom is -0.491 e. The van der Waals surface area contributed by atoms with Crippen LogP contribution in [0.2, 0.25) is 0 Å². The second kappa shape index (κ2) is 6.10. The van der Waals surface area contributed by atoms with E-state index in [4.69, 9.17) is 10.5 Å². The molecule has 3 heteroatoms. The van der Waals surface area contributed by atoms with Crippen LogP contribution in [0.4, 0.5) is 5.69 Å². The van der Waals surface area contributed by atoms with Crippen molar-refractivity contribution in [1.82, 2.24) is 0 Å². The zero-order valence-electron chi connectivity index (χ0n) is 11.4. The van der Waals surface area contributed by atoms with Crippen LogP contribution >= 0.6 is 0 Å². The monoisotopic (exact) mass is 248 g/mol. The summed E-state index contributed by atoms with van der Waals surface area (Å²) < 4.78 is 5.78. The maximum atomic E-state index is 6.01. The lowest BCUT2D eigenvalue weighted by Crippen LogP contribution is -2.42. The molecule has 0 bridgehead atoms. The van der Waals surface area contributed by atoms with Gasteiger partial charge in [0.1, 0.15) is 5.75 Å². The highest BCUT2D eigenvalue weighted by Crippen LogP contribution is 2.23. The van der Waals surface area contributed by atoms with Crippen LogP contribution in [-0.2, 0) is 0 Å². The third-order valence-electron chi connectivity index (χ3n) is 3.57. The molecule has 2 atom stereocenters. The van der Waals surface area contributed by atoms with Crippen LogP contribution in [0, 0.1) is 0 Å². The molecular weight excluding hydrogens is 224 g/mol. The van der Waals surface area contributed by atoms with Crippen LogP contribution < -0.4 is 15.4 Å². The minimum absolute atomic E-state index is 0.277. The van der Waals surface area contributed by atoms with E-state index in [9.17, 15) is 0 Å². The van der Waals surface area contributed by atoms with Crippen LogP contribution in [0.1, 0.15) is 33.1 Å². The number of hydrogen-bond acceptors (Lipinski definition) is 3. The Bertz CT molecular complexity index is 363. The maximum Gasteiger partial charge on any atom is 0.119 e. The lowest BCUT2D eigenvalue weighted by atomic mass is 10.1. The number of anilines is 1. The van der Waals surface area contributed by atoms with Gasteiger partial charge in [0, 0.05) is 24.8 Å². The van der Waals surface area contributed by atoms with Gasteiger partial charge in [-0.2, -0.15) is 0 Å². The Kier molecular flexibility index (Phi) is 4.48. The average Bonchev–Trinajstić information content (AvgIpc) is 2.39. The Hall–Kier alpha value is -1.22. The molecule has 2 rings (SSSR count). The lowest BCUT2D eigenvalue weighted by molar-refractivity contribution is 0.217. The van der Waals surface area contributed by atoms with E-state index in [-0.39, 0.29) is 6.10 Å². The van der Waals surface area contributed by atoms with E-state index in [1.807, 2.05) is 0 Å². The Morgan fingerprint density at radius 1 is 1.39 bits per heavy atom. The number of hydrogen-bond donors (Lipinski definition) is 1. The average molecular weight is 248 g/mol. The zero-order chi connectivity index (χ0) is 13.0. The van der Waals surface area contributed by atoms with Gasteiger partial charge in [0.2, 0.25) is 0 Å². The van der Waals surface area contributed by atoms with Gasteiger partial charge in [-0.05, 0) is 50.5 Å². The molecule has 1 fully saturated rings. The van der Waals surface area contributed by atoms with Crippen molar-refractivity contribution >= 4 is 5.69 Å². The van der Waals surface area contributed by atoms with E-state index in [2.05, 4.69) is 43.0 Å². The summed E-state index contributed by atoms with van der Waals surface area (Å²) in [7, 11) is 0. The molecule has 0 radical (unpaired) electrons. The van der Waals surface area contributed by atoms with Crippen molar-refractivity contribution in [2.75, 3.05) is 18.0 Å². The molecule has 1 saturated heterocycles. The molecule has 0 aromatic heterocycles. The van der Waals surface area contributed by atoms with Crippen LogP contribution in [0.5, 0.6) is 5.75 Å². The number of rotatable bonds is 4. The smallest absolute Gasteiger partial charge is 0.119 e. The first-order valence-corrected chi connectivity index (χ1v) is 6.96. The standard InChI is InChI=1S/C15H24N2O/c1-3-12(2)18-15-8-6-14(7-9-15)17-10-4-5-13(16)11-17/h6-9,12-13H,3-5,10-11,16H2,1-2H3. The molecular formula is C15H24N2O. The molecule has 0 spiro atoms. The number of nitrogens with two attached hydrogens (primary N) is 1. The van der Waals surface area contributed by atoms with E-state index >= 15 is 0 Å². The summed E-state index contributed by atoms with van der Waals surface area (Å²) in [5, 5.41) is 0. The molecule has 1 aliphatic heterocycles. The predicted octanol–water partition coefficient (Wildman–Crippen LogP) is 2.79. The molecule has 0 aliphatic carbocycles. The number of ether oxygens (including phenoxy) is 1. The Labute approximate surface area is 110 Å². The SMILES string of the molecule is CCC(C)Oc1ccc(N2CCCC(N)C2)cc1. The summed E-state index contributed by atoms with van der Waals surface area (Å²) in [5.74, 6) is 0.953. The van der Waals surface area contributed by atoms with Gasteiger partial charge in [0.15, 0.2) is 0 Å². The third-order valence-corrected chi connectivity index (χ3v) is 3.57. The summed E-state index contributed by atoms with van der Waals surface area (Å²) in [6.45, 7) is 6.30. The largest absolute Gasteiger partial charge is 0.491 e. The predicted molar refractivity (Wildman–Crippen MR) is 76.2 cm³/mol.